The number of imidazole rings is 3. The third-order valence-electron chi connectivity index (χ3n) is 4.47. The number of aromatic nitrogens is 6. The van der Waals surface area contributed by atoms with Crippen LogP contribution in [0.25, 0.3) is 0 Å². The molecule has 3 aromatic heterocycles. The molecule has 202 valence electrons. The quantitative estimate of drug-likeness (QED) is 0.228. The summed E-state index contributed by atoms with van der Waals surface area (Å²) in [6.45, 7) is 12.8. The second-order valence-corrected chi connectivity index (χ2v) is 13.5. The van der Waals surface area contributed by atoms with Crippen molar-refractivity contribution in [3.63, 3.8) is 0 Å². The van der Waals surface area contributed by atoms with Crippen molar-refractivity contribution in [2.75, 3.05) is 11.5 Å². The van der Waals surface area contributed by atoms with E-state index in [0.29, 0.717) is 11.5 Å². The molecule has 11 heteroatoms. The fourth-order valence-corrected chi connectivity index (χ4v) is 5.73. The summed E-state index contributed by atoms with van der Waals surface area (Å²) in [5.74, 6) is 0.918. The standard InChI is InChI=1S/3C7H11N2.C4H10O3PS/c3*1-3-4-9-6-5-8(2)7-9;1-3-9(4-2)8(5,6)7/h3*3,5-7H,1,4H2,2H3;3-4H2,1-2H3/q3*+1;-3. The Morgan fingerprint density at radius 2 is 0.944 bits per heavy atom. The minimum atomic E-state index is -4.25. The topological polar surface area (TPSA) is 95.6 Å². The molecular weight excluding hydrogens is 495 g/mol. The number of nitrogens with zero attached hydrogens (tertiary/aromatic N) is 6. The van der Waals surface area contributed by atoms with Crippen LogP contribution in [0.15, 0.2) is 94.1 Å². The van der Waals surface area contributed by atoms with Crippen LogP contribution in [0.5, 0.6) is 0 Å². The minimum absolute atomic E-state index is 0.459. The number of hydrogen-bond donors (Lipinski definition) is 0. The molecule has 0 aromatic carbocycles. The van der Waals surface area contributed by atoms with E-state index < -0.39 is 16.8 Å². The van der Waals surface area contributed by atoms with Crippen LogP contribution < -0.4 is 28.4 Å². The SMILES string of the molecule is C=CCn1cc[n+](C)c1.C=CCn1cc[n+](C)c1.C=CCn1cc[n+](C)c1.CCS(CC)=P([O-])([O-])[O-]. The van der Waals surface area contributed by atoms with Gasteiger partial charge in [-0.25, -0.2) is 37.5 Å². The Bertz CT molecular complexity index is 973. The molecule has 0 aliphatic heterocycles. The van der Waals surface area contributed by atoms with E-state index in [0.717, 1.165) is 19.6 Å². The van der Waals surface area contributed by atoms with E-state index in [1.807, 2.05) is 109 Å². The molecule has 0 aliphatic rings. The molecule has 0 aliphatic carbocycles. The maximum Gasteiger partial charge on any atom is 0.243 e. The Labute approximate surface area is 219 Å². The van der Waals surface area contributed by atoms with Crippen molar-refractivity contribution in [3.05, 3.63) is 94.1 Å². The van der Waals surface area contributed by atoms with Crippen molar-refractivity contribution in [1.29, 1.82) is 0 Å². The zero-order chi connectivity index (χ0) is 27.6. The predicted octanol–water partition coefficient (Wildman–Crippen LogP) is -0.101. The van der Waals surface area contributed by atoms with Gasteiger partial charge in [-0.3, -0.25) is 0 Å². The van der Waals surface area contributed by atoms with Gasteiger partial charge in [0.25, 0.3) is 0 Å². The van der Waals surface area contributed by atoms with Crippen LogP contribution in [0.2, 0.25) is 0 Å². The van der Waals surface area contributed by atoms with Crippen molar-refractivity contribution in [3.8, 4) is 0 Å². The molecule has 0 fully saturated rings. The normalized spacial score (nSPS) is 10.2. The first-order valence-corrected chi connectivity index (χ1v) is 15.3. The van der Waals surface area contributed by atoms with Gasteiger partial charge in [-0.2, -0.15) is 0 Å². The molecule has 0 radical (unpaired) electrons. The summed E-state index contributed by atoms with van der Waals surface area (Å²) in [6.07, 6.45) is 23.7. The molecule has 0 atom stereocenters. The fourth-order valence-electron chi connectivity index (χ4n) is 2.80. The van der Waals surface area contributed by atoms with E-state index in [4.69, 9.17) is 0 Å². The van der Waals surface area contributed by atoms with Crippen LogP contribution in [0.4, 0.5) is 0 Å². The monoisotopic (exact) mass is 538 g/mol. The number of hydrogen-bond acceptors (Lipinski definition) is 3. The van der Waals surface area contributed by atoms with Gasteiger partial charge in [-0.15, -0.1) is 0 Å². The molecule has 0 unspecified atom stereocenters. The molecule has 3 heterocycles. The molecule has 0 spiro atoms. The zero-order valence-corrected chi connectivity index (χ0v) is 24.1. The Kier molecular flexibility index (Phi) is 17.4. The zero-order valence-electron chi connectivity index (χ0n) is 22.3. The Morgan fingerprint density at radius 3 is 1.06 bits per heavy atom. The molecular formula is C25H43N6O3PS. The minimum Gasteiger partial charge on any atom is -0.848 e. The van der Waals surface area contributed by atoms with Crippen molar-refractivity contribution < 1.29 is 28.4 Å². The second-order valence-electron chi connectivity index (χ2n) is 7.68. The summed E-state index contributed by atoms with van der Waals surface area (Å²) in [5.41, 5.74) is 0. The van der Waals surface area contributed by atoms with E-state index in [2.05, 4.69) is 33.4 Å². The maximum atomic E-state index is 10.3. The summed E-state index contributed by atoms with van der Waals surface area (Å²) in [7, 11) is 5.09. The molecule has 0 saturated carbocycles. The lowest BCUT2D eigenvalue weighted by Crippen LogP contribution is -2.30. The number of allylic oxidation sites excluding steroid dienone is 3. The predicted molar refractivity (Wildman–Crippen MR) is 143 cm³/mol. The summed E-state index contributed by atoms with van der Waals surface area (Å²) in [5, 5.41) is 0. The highest BCUT2D eigenvalue weighted by Gasteiger charge is 1.95. The van der Waals surface area contributed by atoms with Gasteiger partial charge in [0.05, 0.1) is 21.1 Å². The maximum absolute atomic E-state index is 10.3. The molecule has 0 bridgehead atoms. The molecule has 0 amide bonds. The van der Waals surface area contributed by atoms with E-state index in [1.54, 1.807) is 13.8 Å². The van der Waals surface area contributed by atoms with E-state index in [1.165, 1.54) is 0 Å². The highest BCUT2D eigenvalue weighted by molar-refractivity contribution is 8.26. The van der Waals surface area contributed by atoms with Gasteiger partial charge in [0.2, 0.25) is 19.0 Å². The van der Waals surface area contributed by atoms with Gasteiger partial charge in [0.1, 0.15) is 56.8 Å². The third kappa shape index (κ3) is 15.5. The first kappa shape index (κ1) is 33.5. The molecule has 36 heavy (non-hydrogen) atoms. The summed E-state index contributed by atoms with van der Waals surface area (Å²) in [6, 6.07) is 0. The first-order chi connectivity index (χ1) is 17.0. The van der Waals surface area contributed by atoms with Gasteiger partial charge in [0.15, 0.2) is 0 Å². The third-order valence-corrected chi connectivity index (χ3v) is 9.89. The van der Waals surface area contributed by atoms with Crippen LogP contribution in [0.3, 0.4) is 0 Å². The molecule has 0 saturated heterocycles. The highest BCUT2D eigenvalue weighted by Crippen LogP contribution is 2.19. The molecule has 3 rings (SSSR count). The van der Waals surface area contributed by atoms with Crippen molar-refractivity contribution in [1.82, 2.24) is 13.7 Å². The average Bonchev–Trinajstić information content (AvgIpc) is 3.52. The van der Waals surface area contributed by atoms with E-state index in [9.17, 15) is 14.7 Å². The fraction of sp³-hybridized carbons (Fsp3) is 0.400. The highest BCUT2D eigenvalue weighted by atomic mass is 32.5. The Hall–Kier alpha value is -2.49. The van der Waals surface area contributed by atoms with Crippen LogP contribution in [0.1, 0.15) is 13.8 Å². The van der Waals surface area contributed by atoms with Gasteiger partial charge >= 0.3 is 0 Å². The van der Waals surface area contributed by atoms with Crippen LogP contribution in [-0.2, 0) is 50.9 Å². The van der Waals surface area contributed by atoms with Crippen LogP contribution in [0, 0.1) is 0 Å². The number of aryl methyl sites for hydroxylation is 3. The first-order valence-electron chi connectivity index (χ1n) is 11.6. The molecule has 9 nitrogen and oxygen atoms in total. The van der Waals surface area contributed by atoms with Crippen molar-refractivity contribution >= 4 is 16.8 Å². The summed E-state index contributed by atoms with van der Waals surface area (Å²) >= 11 is 0. The van der Waals surface area contributed by atoms with Gasteiger partial charge in [-0.1, -0.05) is 51.8 Å². The smallest absolute Gasteiger partial charge is 0.243 e. The lowest BCUT2D eigenvalue weighted by atomic mass is 10.6. The lowest BCUT2D eigenvalue weighted by Gasteiger charge is -2.52. The average molecular weight is 539 g/mol. The second kappa shape index (κ2) is 18.7. The number of rotatable bonds is 8. The van der Waals surface area contributed by atoms with Gasteiger partial charge < -0.3 is 21.4 Å². The summed E-state index contributed by atoms with van der Waals surface area (Å²) in [4.78, 5) is 30.8. The van der Waals surface area contributed by atoms with E-state index >= 15 is 0 Å². The Morgan fingerprint density at radius 1 is 0.667 bits per heavy atom. The Balaban J connectivity index is 0.000000454. The van der Waals surface area contributed by atoms with Crippen molar-refractivity contribution in [2.24, 2.45) is 21.1 Å². The van der Waals surface area contributed by atoms with Crippen LogP contribution >= 0.6 is 6.72 Å². The van der Waals surface area contributed by atoms with Gasteiger partial charge in [0, 0.05) is 0 Å². The van der Waals surface area contributed by atoms with Crippen LogP contribution in [-0.4, -0.2) is 25.2 Å². The lowest BCUT2D eigenvalue weighted by molar-refractivity contribution is -0.671. The molecule has 3 aromatic rings. The molecule has 0 N–H and O–H groups in total. The van der Waals surface area contributed by atoms with E-state index in [-0.39, 0.29) is 0 Å². The summed E-state index contributed by atoms with van der Waals surface area (Å²) < 4.78 is 12.2. The van der Waals surface area contributed by atoms with Crippen molar-refractivity contribution in [2.45, 2.75) is 33.5 Å². The van der Waals surface area contributed by atoms with Gasteiger partial charge in [-0.05, 0) is 11.5 Å². The largest absolute Gasteiger partial charge is 0.848 e.